The predicted molar refractivity (Wildman–Crippen MR) is 88.2 cm³/mol. The van der Waals surface area contributed by atoms with Gasteiger partial charge in [-0.1, -0.05) is 0 Å². The lowest BCUT2D eigenvalue weighted by atomic mass is 10.2. The van der Waals surface area contributed by atoms with Crippen LogP contribution in [-0.4, -0.2) is 17.7 Å². The van der Waals surface area contributed by atoms with Crippen LogP contribution in [0.25, 0.3) is 5.69 Å². The number of anilines is 1. The third-order valence-electron chi connectivity index (χ3n) is 4.17. The molecule has 24 heavy (non-hydrogen) atoms. The SMILES string of the molecule is Fc1ccc(N2CCOC2c2ccn(-c3ccc(F)cc3)c2)cc1. The van der Waals surface area contributed by atoms with Crippen molar-refractivity contribution in [3.05, 3.63) is 84.2 Å². The molecule has 3 nitrogen and oxygen atoms in total. The second kappa shape index (κ2) is 6.09. The molecule has 5 heteroatoms. The van der Waals surface area contributed by atoms with Crippen LogP contribution < -0.4 is 4.90 Å². The molecule has 122 valence electrons. The molecule has 2 heterocycles. The van der Waals surface area contributed by atoms with E-state index in [0.29, 0.717) is 6.61 Å². The Morgan fingerprint density at radius 3 is 2.12 bits per heavy atom. The van der Waals surface area contributed by atoms with Gasteiger partial charge in [0.25, 0.3) is 0 Å². The van der Waals surface area contributed by atoms with E-state index in [4.69, 9.17) is 4.74 Å². The molecule has 1 aromatic heterocycles. The molecule has 0 N–H and O–H groups in total. The summed E-state index contributed by atoms with van der Waals surface area (Å²) in [6, 6.07) is 14.7. The topological polar surface area (TPSA) is 17.4 Å². The molecule has 1 unspecified atom stereocenters. The van der Waals surface area contributed by atoms with E-state index in [9.17, 15) is 8.78 Å². The standard InChI is InChI=1S/C19H16F2N2O/c20-15-1-5-17(6-2-15)22-10-9-14(13-22)19-23(11-12-24-19)18-7-3-16(21)4-8-18/h1-10,13,19H,11-12H2. The molecule has 1 aliphatic heterocycles. The van der Waals surface area contributed by atoms with E-state index in [1.807, 2.05) is 23.0 Å². The van der Waals surface area contributed by atoms with Crippen LogP contribution in [0.15, 0.2) is 67.0 Å². The summed E-state index contributed by atoms with van der Waals surface area (Å²) in [6.07, 6.45) is 3.68. The summed E-state index contributed by atoms with van der Waals surface area (Å²) in [5.41, 5.74) is 2.81. The molecular formula is C19H16F2N2O. The van der Waals surface area contributed by atoms with Crippen molar-refractivity contribution in [1.29, 1.82) is 0 Å². The Morgan fingerprint density at radius 1 is 0.833 bits per heavy atom. The van der Waals surface area contributed by atoms with Gasteiger partial charge >= 0.3 is 0 Å². The average molecular weight is 326 g/mol. The van der Waals surface area contributed by atoms with Gasteiger partial charge in [-0.3, -0.25) is 0 Å². The van der Waals surface area contributed by atoms with Gasteiger partial charge in [-0.15, -0.1) is 0 Å². The van der Waals surface area contributed by atoms with E-state index < -0.39 is 0 Å². The smallest absolute Gasteiger partial charge is 0.158 e. The fourth-order valence-corrected chi connectivity index (χ4v) is 2.98. The molecule has 0 amide bonds. The van der Waals surface area contributed by atoms with Crippen LogP contribution in [0.4, 0.5) is 14.5 Å². The highest BCUT2D eigenvalue weighted by molar-refractivity contribution is 5.49. The minimum Gasteiger partial charge on any atom is -0.352 e. The molecule has 0 aliphatic carbocycles. The minimum absolute atomic E-state index is 0.211. The lowest BCUT2D eigenvalue weighted by Gasteiger charge is -2.24. The first-order chi connectivity index (χ1) is 11.7. The normalized spacial score (nSPS) is 17.4. The fraction of sp³-hybridized carbons (Fsp3) is 0.158. The molecule has 0 bridgehead atoms. The van der Waals surface area contributed by atoms with Gasteiger partial charge in [-0.2, -0.15) is 0 Å². The number of hydrogen-bond acceptors (Lipinski definition) is 2. The lowest BCUT2D eigenvalue weighted by Crippen LogP contribution is -2.22. The fourth-order valence-electron chi connectivity index (χ4n) is 2.98. The van der Waals surface area contributed by atoms with Gasteiger partial charge in [0.2, 0.25) is 0 Å². The van der Waals surface area contributed by atoms with Crippen LogP contribution >= 0.6 is 0 Å². The average Bonchev–Trinajstić information content (AvgIpc) is 3.25. The highest BCUT2D eigenvalue weighted by atomic mass is 19.1. The summed E-state index contributed by atoms with van der Waals surface area (Å²) in [5.74, 6) is -0.509. The second-order valence-corrected chi connectivity index (χ2v) is 5.72. The molecular weight excluding hydrogens is 310 g/mol. The Hall–Kier alpha value is -2.66. The predicted octanol–water partition coefficient (Wildman–Crippen LogP) is 4.29. The monoisotopic (exact) mass is 326 g/mol. The van der Waals surface area contributed by atoms with Crippen LogP contribution in [0.1, 0.15) is 11.8 Å². The summed E-state index contributed by atoms with van der Waals surface area (Å²) in [6.45, 7) is 1.36. The first-order valence-electron chi connectivity index (χ1n) is 7.78. The van der Waals surface area contributed by atoms with Crippen molar-refractivity contribution in [3.63, 3.8) is 0 Å². The Bertz CT molecular complexity index is 827. The number of aromatic nitrogens is 1. The molecule has 0 saturated carbocycles. The maximum absolute atomic E-state index is 13.1. The minimum atomic E-state index is -0.257. The van der Waals surface area contributed by atoms with E-state index in [1.165, 1.54) is 24.3 Å². The van der Waals surface area contributed by atoms with Crippen molar-refractivity contribution < 1.29 is 13.5 Å². The number of hydrogen-bond donors (Lipinski definition) is 0. The quantitative estimate of drug-likeness (QED) is 0.714. The summed E-state index contributed by atoms with van der Waals surface area (Å²) in [4.78, 5) is 2.10. The maximum Gasteiger partial charge on any atom is 0.158 e. The van der Waals surface area contributed by atoms with Gasteiger partial charge in [-0.05, 0) is 54.6 Å². The molecule has 0 spiro atoms. The molecule has 1 atom stereocenters. The molecule has 1 saturated heterocycles. The third kappa shape index (κ3) is 2.78. The van der Waals surface area contributed by atoms with E-state index in [1.54, 1.807) is 24.3 Å². The number of rotatable bonds is 3. The van der Waals surface area contributed by atoms with Crippen molar-refractivity contribution in [2.75, 3.05) is 18.1 Å². The molecule has 4 rings (SSSR count). The Balaban J connectivity index is 1.61. The number of nitrogens with zero attached hydrogens (tertiary/aromatic N) is 2. The van der Waals surface area contributed by atoms with Crippen molar-refractivity contribution in [1.82, 2.24) is 4.57 Å². The Kier molecular flexibility index (Phi) is 3.78. The zero-order valence-corrected chi connectivity index (χ0v) is 12.9. The van der Waals surface area contributed by atoms with Crippen molar-refractivity contribution >= 4 is 5.69 Å². The summed E-state index contributed by atoms with van der Waals surface area (Å²) in [5, 5.41) is 0. The van der Waals surface area contributed by atoms with Crippen molar-refractivity contribution in [3.8, 4) is 5.69 Å². The van der Waals surface area contributed by atoms with Gasteiger partial charge < -0.3 is 14.2 Å². The van der Waals surface area contributed by atoms with Gasteiger partial charge in [0, 0.05) is 35.9 Å². The Labute approximate surface area is 138 Å². The zero-order valence-electron chi connectivity index (χ0n) is 12.9. The third-order valence-corrected chi connectivity index (χ3v) is 4.17. The largest absolute Gasteiger partial charge is 0.352 e. The zero-order chi connectivity index (χ0) is 16.5. The first-order valence-corrected chi connectivity index (χ1v) is 7.78. The lowest BCUT2D eigenvalue weighted by molar-refractivity contribution is 0.114. The summed E-state index contributed by atoms with van der Waals surface area (Å²) >= 11 is 0. The molecule has 2 aromatic carbocycles. The molecule has 1 fully saturated rings. The van der Waals surface area contributed by atoms with E-state index in [0.717, 1.165) is 23.5 Å². The van der Waals surface area contributed by atoms with E-state index >= 15 is 0 Å². The Morgan fingerprint density at radius 2 is 1.46 bits per heavy atom. The first kappa shape index (κ1) is 14.9. The van der Waals surface area contributed by atoms with Crippen LogP contribution in [0.5, 0.6) is 0 Å². The second-order valence-electron chi connectivity index (χ2n) is 5.72. The van der Waals surface area contributed by atoms with Gasteiger partial charge in [0.1, 0.15) is 11.6 Å². The highest BCUT2D eigenvalue weighted by Gasteiger charge is 2.27. The number of halogens is 2. The molecule has 0 radical (unpaired) electrons. The van der Waals surface area contributed by atoms with E-state index in [2.05, 4.69) is 4.90 Å². The molecule has 3 aromatic rings. The van der Waals surface area contributed by atoms with Gasteiger partial charge in [-0.25, -0.2) is 8.78 Å². The highest BCUT2D eigenvalue weighted by Crippen LogP contribution is 2.32. The number of ether oxygens (including phenoxy) is 1. The summed E-state index contributed by atoms with van der Waals surface area (Å²) in [7, 11) is 0. The van der Waals surface area contributed by atoms with Crippen LogP contribution in [0, 0.1) is 11.6 Å². The van der Waals surface area contributed by atoms with Crippen molar-refractivity contribution in [2.24, 2.45) is 0 Å². The van der Waals surface area contributed by atoms with Crippen molar-refractivity contribution in [2.45, 2.75) is 6.23 Å². The van der Waals surface area contributed by atoms with E-state index in [-0.39, 0.29) is 17.9 Å². The van der Waals surface area contributed by atoms with Crippen LogP contribution in [0.3, 0.4) is 0 Å². The summed E-state index contributed by atoms with van der Waals surface area (Å²) < 4.78 is 34.0. The molecule has 1 aliphatic rings. The maximum atomic E-state index is 13.1. The van der Waals surface area contributed by atoms with Gasteiger partial charge in [0.15, 0.2) is 6.23 Å². The number of benzene rings is 2. The van der Waals surface area contributed by atoms with Gasteiger partial charge in [0.05, 0.1) is 6.61 Å². The van der Waals surface area contributed by atoms with Crippen LogP contribution in [0.2, 0.25) is 0 Å². The van der Waals surface area contributed by atoms with Crippen LogP contribution in [-0.2, 0) is 4.74 Å².